The lowest BCUT2D eigenvalue weighted by atomic mass is 10.1. The molecule has 2 heterocycles. The quantitative estimate of drug-likeness (QED) is 0.384. The summed E-state index contributed by atoms with van der Waals surface area (Å²) in [4.78, 5) is 24.2. The minimum atomic E-state index is -0.522. The van der Waals surface area contributed by atoms with Gasteiger partial charge in [-0.05, 0) is 7.05 Å². The monoisotopic (exact) mass is 179 g/mol. The molecule has 0 atom stereocenters. The molecule has 0 amide bonds. The molecule has 0 N–H and O–H groups in total. The summed E-state index contributed by atoms with van der Waals surface area (Å²) in [5, 5.41) is 0. The van der Waals surface area contributed by atoms with Gasteiger partial charge in [-0.1, -0.05) is 12.2 Å². The smallest absolute Gasteiger partial charge is 0.346 e. The second-order valence-corrected chi connectivity index (χ2v) is 3.13. The van der Waals surface area contributed by atoms with Gasteiger partial charge in [0.05, 0.1) is 11.1 Å². The molecule has 0 spiro atoms. The van der Waals surface area contributed by atoms with Gasteiger partial charge in [0, 0.05) is 13.1 Å². The highest BCUT2D eigenvalue weighted by atomic mass is 16.6. The molecule has 68 valence electrons. The van der Waals surface area contributed by atoms with Crippen LogP contribution in [0.4, 0.5) is 0 Å². The van der Waals surface area contributed by atoms with Crippen molar-refractivity contribution in [3.8, 4) is 0 Å². The molecule has 0 aromatic heterocycles. The third-order valence-electron chi connectivity index (χ3n) is 2.13. The number of ether oxygens (including phenoxy) is 1. The topological polar surface area (TPSA) is 46.6 Å². The van der Waals surface area contributed by atoms with Crippen molar-refractivity contribution in [1.82, 2.24) is 4.90 Å². The fraction of sp³-hybridized carbons (Fsp3) is 0.333. The predicted octanol–water partition coefficient (Wildman–Crippen LogP) is -0.132. The zero-order valence-corrected chi connectivity index (χ0v) is 7.24. The molecule has 0 saturated carbocycles. The van der Waals surface area contributed by atoms with E-state index in [2.05, 4.69) is 4.74 Å². The first-order valence-electron chi connectivity index (χ1n) is 4.04. The highest BCUT2D eigenvalue weighted by Gasteiger charge is 2.33. The molecule has 0 radical (unpaired) electrons. The van der Waals surface area contributed by atoms with Gasteiger partial charge in [-0.3, -0.25) is 4.90 Å². The number of rotatable bonds is 0. The van der Waals surface area contributed by atoms with Gasteiger partial charge < -0.3 is 4.74 Å². The first-order valence-corrected chi connectivity index (χ1v) is 4.04. The van der Waals surface area contributed by atoms with Crippen molar-refractivity contribution in [3.05, 3.63) is 23.3 Å². The molecule has 2 rings (SSSR count). The normalized spacial score (nSPS) is 23.2. The van der Waals surface area contributed by atoms with E-state index >= 15 is 0 Å². The van der Waals surface area contributed by atoms with E-state index in [4.69, 9.17) is 0 Å². The van der Waals surface area contributed by atoms with E-state index in [1.165, 1.54) is 0 Å². The van der Waals surface area contributed by atoms with Crippen LogP contribution < -0.4 is 0 Å². The lowest BCUT2D eigenvalue weighted by Crippen LogP contribution is -2.17. The number of hydrogen-bond donors (Lipinski definition) is 0. The van der Waals surface area contributed by atoms with Crippen LogP contribution in [0.5, 0.6) is 0 Å². The minimum absolute atomic E-state index is 0.411. The maximum Gasteiger partial charge on any atom is 0.346 e. The Balaban J connectivity index is 2.42. The van der Waals surface area contributed by atoms with Crippen LogP contribution in [0.15, 0.2) is 23.3 Å². The van der Waals surface area contributed by atoms with Crippen LogP contribution >= 0.6 is 0 Å². The van der Waals surface area contributed by atoms with E-state index in [0.717, 1.165) is 0 Å². The Kier molecular flexibility index (Phi) is 1.77. The van der Waals surface area contributed by atoms with Gasteiger partial charge in [0.15, 0.2) is 0 Å². The van der Waals surface area contributed by atoms with Crippen LogP contribution in [0.3, 0.4) is 0 Å². The minimum Gasteiger partial charge on any atom is -0.386 e. The largest absolute Gasteiger partial charge is 0.386 e. The van der Waals surface area contributed by atoms with Crippen molar-refractivity contribution in [1.29, 1.82) is 0 Å². The van der Waals surface area contributed by atoms with Crippen molar-refractivity contribution in [2.75, 3.05) is 20.1 Å². The first kappa shape index (κ1) is 8.19. The zero-order valence-electron chi connectivity index (χ0n) is 7.24. The van der Waals surface area contributed by atoms with E-state index in [-0.39, 0.29) is 0 Å². The van der Waals surface area contributed by atoms with Crippen LogP contribution in [0.2, 0.25) is 0 Å². The Morgan fingerprint density at radius 3 is 2.08 bits per heavy atom. The number of likely N-dealkylation sites (N-methyl/N-ethyl adjacent to an activating group) is 1. The van der Waals surface area contributed by atoms with E-state index < -0.39 is 11.9 Å². The fourth-order valence-corrected chi connectivity index (χ4v) is 1.37. The number of esters is 2. The van der Waals surface area contributed by atoms with E-state index in [1.807, 2.05) is 11.9 Å². The Bertz CT molecular complexity index is 309. The van der Waals surface area contributed by atoms with Crippen molar-refractivity contribution in [3.63, 3.8) is 0 Å². The number of carbonyl (C=O) groups excluding carboxylic acids is 2. The Morgan fingerprint density at radius 1 is 1.15 bits per heavy atom. The number of cyclic esters (lactones) is 2. The van der Waals surface area contributed by atoms with Gasteiger partial charge >= 0.3 is 11.9 Å². The van der Waals surface area contributed by atoms with Crippen LogP contribution in [-0.4, -0.2) is 37.0 Å². The second-order valence-electron chi connectivity index (χ2n) is 3.13. The summed E-state index contributed by atoms with van der Waals surface area (Å²) >= 11 is 0. The maximum atomic E-state index is 11.1. The van der Waals surface area contributed by atoms with Gasteiger partial charge in [0.25, 0.3) is 0 Å². The molecule has 1 saturated heterocycles. The lowest BCUT2D eigenvalue weighted by molar-refractivity contribution is -0.149. The number of fused-ring (bicyclic) bond motifs is 1. The molecule has 0 unspecified atom stereocenters. The highest BCUT2D eigenvalue weighted by Crippen LogP contribution is 2.23. The predicted molar refractivity (Wildman–Crippen MR) is 44.8 cm³/mol. The maximum absolute atomic E-state index is 11.1. The molecule has 0 bridgehead atoms. The Morgan fingerprint density at radius 2 is 1.62 bits per heavy atom. The molecule has 4 nitrogen and oxygen atoms in total. The molecule has 13 heavy (non-hydrogen) atoms. The summed E-state index contributed by atoms with van der Waals surface area (Å²) in [7, 11) is 1.92. The average molecular weight is 179 g/mol. The van der Waals surface area contributed by atoms with Crippen LogP contribution in [0.1, 0.15) is 0 Å². The summed E-state index contributed by atoms with van der Waals surface area (Å²) in [5.74, 6) is -1.04. The molecular weight excluding hydrogens is 170 g/mol. The van der Waals surface area contributed by atoms with Crippen molar-refractivity contribution in [2.45, 2.75) is 0 Å². The first-order chi connectivity index (χ1) is 6.18. The Labute approximate surface area is 75.5 Å². The van der Waals surface area contributed by atoms with Gasteiger partial charge in [0.1, 0.15) is 0 Å². The molecule has 0 aromatic carbocycles. The van der Waals surface area contributed by atoms with Crippen molar-refractivity contribution >= 4 is 11.9 Å². The lowest BCUT2D eigenvalue weighted by Gasteiger charge is -2.08. The molecule has 1 fully saturated rings. The molecular formula is C9H9NO3. The van der Waals surface area contributed by atoms with E-state index in [1.54, 1.807) is 12.2 Å². The zero-order chi connectivity index (χ0) is 9.42. The van der Waals surface area contributed by atoms with Crippen LogP contribution in [0.25, 0.3) is 0 Å². The standard InChI is InChI=1S/C9H9NO3/c1-10-4-2-6-7(3-5-10)9(12)13-8(6)11/h2-3H,4-5H2,1H3. The van der Waals surface area contributed by atoms with E-state index in [9.17, 15) is 9.59 Å². The second kappa shape index (κ2) is 2.81. The fourth-order valence-electron chi connectivity index (χ4n) is 1.37. The van der Waals surface area contributed by atoms with Crippen LogP contribution in [-0.2, 0) is 14.3 Å². The van der Waals surface area contributed by atoms with Gasteiger partial charge in [-0.15, -0.1) is 0 Å². The SMILES string of the molecule is CN1CC=C2C(=O)OC(=O)C2=CC1. The van der Waals surface area contributed by atoms with E-state index in [0.29, 0.717) is 24.2 Å². The third-order valence-corrected chi connectivity index (χ3v) is 2.13. The average Bonchev–Trinajstić information content (AvgIpc) is 2.27. The highest BCUT2D eigenvalue weighted by molar-refractivity contribution is 6.18. The molecule has 4 heteroatoms. The third kappa shape index (κ3) is 1.29. The summed E-state index contributed by atoms with van der Waals surface area (Å²) < 4.78 is 4.47. The number of hydrogen-bond acceptors (Lipinski definition) is 4. The molecule has 0 aliphatic carbocycles. The Hall–Kier alpha value is -1.42. The summed E-state index contributed by atoms with van der Waals surface area (Å²) in [6, 6.07) is 0. The van der Waals surface area contributed by atoms with Crippen molar-refractivity contribution in [2.24, 2.45) is 0 Å². The van der Waals surface area contributed by atoms with Gasteiger partial charge in [-0.2, -0.15) is 0 Å². The number of nitrogens with zero attached hydrogens (tertiary/aromatic N) is 1. The molecule has 2 aliphatic heterocycles. The molecule has 2 aliphatic rings. The summed E-state index contributed by atoms with van der Waals surface area (Å²) in [6.45, 7) is 1.33. The van der Waals surface area contributed by atoms with Gasteiger partial charge in [0.2, 0.25) is 0 Å². The summed E-state index contributed by atoms with van der Waals surface area (Å²) in [6.07, 6.45) is 3.46. The van der Waals surface area contributed by atoms with Gasteiger partial charge in [-0.25, -0.2) is 9.59 Å². The summed E-state index contributed by atoms with van der Waals surface area (Å²) in [5.41, 5.74) is 0.823. The van der Waals surface area contributed by atoms with Crippen molar-refractivity contribution < 1.29 is 14.3 Å². The van der Waals surface area contributed by atoms with Crippen LogP contribution in [0, 0.1) is 0 Å². The molecule has 0 aromatic rings. The number of carbonyl (C=O) groups is 2.